The predicted octanol–water partition coefficient (Wildman–Crippen LogP) is 3.19. The molecule has 2 heterocycles. The first-order chi connectivity index (χ1) is 10.6. The van der Waals surface area contributed by atoms with Gasteiger partial charge in [0.25, 0.3) is 5.69 Å². The molecular formula is C13H10FN5O2S. The number of hydrogen-bond donors (Lipinski definition) is 2. The van der Waals surface area contributed by atoms with Crippen molar-refractivity contribution in [2.45, 2.75) is 6.54 Å². The molecule has 0 aliphatic carbocycles. The summed E-state index contributed by atoms with van der Waals surface area (Å²) in [5, 5.41) is 22.2. The highest BCUT2D eigenvalue weighted by Gasteiger charge is 2.11. The van der Waals surface area contributed by atoms with E-state index in [0.717, 1.165) is 10.9 Å². The number of rotatable bonds is 5. The van der Waals surface area contributed by atoms with Crippen LogP contribution in [0.15, 0.2) is 35.7 Å². The zero-order valence-corrected chi connectivity index (χ0v) is 11.9. The number of aromatic nitrogens is 3. The van der Waals surface area contributed by atoms with Crippen LogP contribution in [0.4, 0.5) is 15.8 Å². The number of nitrogens with zero attached hydrogens (tertiary/aromatic N) is 3. The molecule has 0 fully saturated rings. The predicted molar refractivity (Wildman–Crippen MR) is 80.1 cm³/mol. The number of aromatic amines is 1. The molecule has 2 aromatic heterocycles. The highest BCUT2D eigenvalue weighted by molar-refractivity contribution is 7.13. The molecule has 0 spiro atoms. The Morgan fingerprint density at radius 2 is 2.27 bits per heavy atom. The third kappa shape index (κ3) is 2.93. The van der Waals surface area contributed by atoms with Gasteiger partial charge in [0.2, 0.25) is 0 Å². The number of thiophene rings is 1. The van der Waals surface area contributed by atoms with E-state index < -0.39 is 10.7 Å². The number of non-ortho nitro benzene ring substituents is 1. The van der Waals surface area contributed by atoms with Crippen molar-refractivity contribution >= 4 is 22.7 Å². The SMILES string of the molecule is O=[N+]([O-])c1ccc(NCc2nc(-c3cccs3)n[nH]2)c(F)c1. The molecule has 0 unspecified atom stereocenters. The molecular weight excluding hydrogens is 309 g/mol. The van der Waals surface area contributed by atoms with E-state index in [4.69, 9.17) is 0 Å². The smallest absolute Gasteiger partial charge is 0.272 e. The molecule has 0 radical (unpaired) electrons. The molecule has 112 valence electrons. The van der Waals surface area contributed by atoms with Gasteiger partial charge in [0.15, 0.2) is 11.6 Å². The average molecular weight is 319 g/mol. The van der Waals surface area contributed by atoms with Gasteiger partial charge in [0.1, 0.15) is 5.82 Å². The Labute approximate surface area is 128 Å². The van der Waals surface area contributed by atoms with Crippen LogP contribution in [-0.2, 0) is 6.54 Å². The molecule has 7 nitrogen and oxygen atoms in total. The molecule has 22 heavy (non-hydrogen) atoms. The fraction of sp³-hybridized carbons (Fsp3) is 0.0769. The summed E-state index contributed by atoms with van der Waals surface area (Å²) in [7, 11) is 0. The molecule has 9 heteroatoms. The van der Waals surface area contributed by atoms with Crippen LogP contribution in [0.2, 0.25) is 0 Å². The second-order valence-electron chi connectivity index (χ2n) is 4.36. The van der Waals surface area contributed by atoms with Crippen LogP contribution in [0.25, 0.3) is 10.7 Å². The van der Waals surface area contributed by atoms with Crippen molar-refractivity contribution in [3.63, 3.8) is 0 Å². The van der Waals surface area contributed by atoms with Crippen molar-refractivity contribution in [1.82, 2.24) is 15.2 Å². The van der Waals surface area contributed by atoms with Gasteiger partial charge in [-0.2, -0.15) is 5.10 Å². The number of nitrogens with one attached hydrogen (secondary N) is 2. The Hall–Kier alpha value is -2.81. The molecule has 0 aliphatic heterocycles. The average Bonchev–Trinajstić information content (AvgIpc) is 3.16. The second kappa shape index (κ2) is 5.90. The van der Waals surface area contributed by atoms with Crippen LogP contribution in [0.3, 0.4) is 0 Å². The molecule has 1 aromatic carbocycles. The quantitative estimate of drug-likeness (QED) is 0.556. The van der Waals surface area contributed by atoms with Gasteiger partial charge in [-0.1, -0.05) is 6.07 Å². The van der Waals surface area contributed by atoms with Crippen LogP contribution in [0.1, 0.15) is 5.82 Å². The normalized spacial score (nSPS) is 10.6. The summed E-state index contributed by atoms with van der Waals surface area (Å²) < 4.78 is 13.7. The van der Waals surface area contributed by atoms with Gasteiger partial charge in [-0.05, 0) is 17.5 Å². The minimum atomic E-state index is -0.688. The molecule has 0 saturated heterocycles. The van der Waals surface area contributed by atoms with Crippen LogP contribution < -0.4 is 5.32 Å². The highest BCUT2D eigenvalue weighted by atomic mass is 32.1. The lowest BCUT2D eigenvalue weighted by atomic mass is 10.2. The number of anilines is 1. The number of nitro groups is 1. The monoisotopic (exact) mass is 319 g/mol. The molecule has 3 rings (SSSR count). The Morgan fingerprint density at radius 1 is 1.41 bits per heavy atom. The summed E-state index contributed by atoms with van der Waals surface area (Å²) in [5.41, 5.74) is -0.123. The van der Waals surface area contributed by atoms with Gasteiger partial charge < -0.3 is 5.32 Å². The van der Waals surface area contributed by atoms with Gasteiger partial charge in [-0.3, -0.25) is 15.2 Å². The van der Waals surface area contributed by atoms with Gasteiger partial charge >= 0.3 is 0 Å². The first-order valence-corrected chi connectivity index (χ1v) is 7.14. The Bertz CT molecular complexity index is 803. The molecule has 3 aromatic rings. The first-order valence-electron chi connectivity index (χ1n) is 6.26. The fourth-order valence-electron chi connectivity index (χ4n) is 1.83. The van der Waals surface area contributed by atoms with Gasteiger partial charge in [0.05, 0.1) is 28.1 Å². The van der Waals surface area contributed by atoms with E-state index in [0.29, 0.717) is 11.6 Å². The lowest BCUT2D eigenvalue weighted by Crippen LogP contribution is -2.03. The molecule has 0 atom stereocenters. The van der Waals surface area contributed by atoms with E-state index in [1.54, 1.807) is 0 Å². The maximum Gasteiger partial charge on any atom is 0.272 e. The van der Waals surface area contributed by atoms with E-state index in [1.165, 1.54) is 23.5 Å². The number of benzene rings is 1. The summed E-state index contributed by atoms with van der Waals surface area (Å²) in [6.45, 7) is 0.229. The Kier molecular flexibility index (Phi) is 3.79. The maximum absolute atomic E-state index is 13.7. The topological polar surface area (TPSA) is 96.7 Å². The molecule has 2 N–H and O–H groups in total. The van der Waals surface area contributed by atoms with E-state index in [2.05, 4.69) is 20.5 Å². The standard InChI is InChI=1S/C13H10FN5O2S/c14-9-6-8(19(20)21)3-4-10(9)15-7-12-16-13(18-17-12)11-2-1-5-22-11/h1-6,15H,7H2,(H,16,17,18). The summed E-state index contributed by atoms with van der Waals surface area (Å²) in [4.78, 5) is 15.1. The Morgan fingerprint density at radius 3 is 2.95 bits per heavy atom. The third-order valence-corrected chi connectivity index (χ3v) is 3.75. The molecule has 0 bridgehead atoms. The van der Waals surface area contributed by atoms with Gasteiger partial charge in [0, 0.05) is 6.07 Å². The molecule has 0 amide bonds. The molecule has 0 saturated carbocycles. The third-order valence-electron chi connectivity index (χ3n) is 2.88. The van der Waals surface area contributed by atoms with Gasteiger partial charge in [-0.25, -0.2) is 9.37 Å². The lowest BCUT2D eigenvalue weighted by Gasteiger charge is -2.05. The van der Waals surface area contributed by atoms with Crippen LogP contribution in [0.5, 0.6) is 0 Å². The number of hydrogen-bond acceptors (Lipinski definition) is 6. The van der Waals surface area contributed by atoms with E-state index in [-0.39, 0.29) is 17.9 Å². The second-order valence-corrected chi connectivity index (χ2v) is 5.31. The summed E-state index contributed by atoms with van der Waals surface area (Å²) in [5.74, 6) is 0.435. The van der Waals surface area contributed by atoms with Crippen molar-refractivity contribution < 1.29 is 9.31 Å². The van der Waals surface area contributed by atoms with Crippen molar-refractivity contribution in [3.8, 4) is 10.7 Å². The van der Waals surface area contributed by atoms with Crippen LogP contribution in [0, 0.1) is 15.9 Å². The highest BCUT2D eigenvalue weighted by Crippen LogP contribution is 2.22. The van der Waals surface area contributed by atoms with Crippen molar-refractivity contribution in [2.24, 2.45) is 0 Å². The zero-order chi connectivity index (χ0) is 15.5. The minimum absolute atomic E-state index is 0.166. The largest absolute Gasteiger partial charge is 0.375 e. The van der Waals surface area contributed by atoms with E-state index in [9.17, 15) is 14.5 Å². The summed E-state index contributed by atoms with van der Waals surface area (Å²) in [6.07, 6.45) is 0. The fourth-order valence-corrected chi connectivity index (χ4v) is 2.49. The minimum Gasteiger partial charge on any atom is -0.375 e. The summed E-state index contributed by atoms with van der Waals surface area (Å²) >= 11 is 1.52. The lowest BCUT2D eigenvalue weighted by molar-refractivity contribution is -0.385. The molecule has 0 aliphatic rings. The first kappa shape index (κ1) is 14.1. The van der Waals surface area contributed by atoms with Crippen molar-refractivity contribution in [1.29, 1.82) is 0 Å². The van der Waals surface area contributed by atoms with Crippen molar-refractivity contribution in [2.75, 3.05) is 5.32 Å². The van der Waals surface area contributed by atoms with Crippen molar-refractivity contribution in [3.05, 3.63) is 57.5 Å². The zero-order valence-electron chi connectivity index (χ0n) is 11.1. The van der Waals surface area contributed by atoms with Crippen LogP contribution in [-0.4, -0.2) is 20.1 Å². The van der Waals surface area contributed by atoms with E-state index >= 15 is 0 Å². The number of halogens is 1. The van der Waals surface area contributed by atoms with Crippen LogP contribution >= 0.6 is 11.3 Å². The maximum atomic E-state index is 13.7. The number of nitro benzene ring substituents is 1. The van der Waals surface area contributed by atoms with E-state index in [1.807, 2.05) is 17.5 Å². The van der Waals surface area contributed by atoms with Gasteiger partial charge in [-0.15, -0.1) is 11.3 Å². The summed E-state index contributed by atoms with van der Waals surface area (Å²) in [6, 6.07) is 7.24. The Balaban J connectivity index is 1.69. The number of H-pyrrole nitrogens is 1.